The number of rotatable bonds is 9. The summed E-state index contributed by atoms with van der Waals surface area (Å²) in [7, 11) is -3.51. The highest BCUT2D eigenvalue weighted by molar-refractivity contribution is 7.89. The molecule has 0 aliphatic carbocycles. The van der Waals surface area contributed by atoms with Crippen LogP contribution in [-0.4, -0.2) is 39.0 Å². The average Bonchev–Trinajstić information content (AvgIpc) is 2.50. The lowest BCUT2D eigenvalue weighted by Crippen LogP contribution is -2.34. The molecule has 0 spiro atoms. The van der Waals surface area contributed by atoms with Crippen molar-refractivity contribution in [2.45, 2.75) is 38.6 Å². The largest absolute Gasteiger partial charge is 0.380 e. The Hall–Kier alpha value is -0.950. The van der Waals surface area contributed by atoms with Gasteiger partial charge in [-0.25, -0.2) is 8.42 Å². The first-order valence-corrected chi connectivity index (χ1v) is 8.84. The summed E-state index contributed by atoms with van der Waals surface area (Å²) in [4.78, 5) is 0.367. The SMILES string of the molecule is CCOCCN(CC)S(=O)(=O)c1cc(CN)ccc1CC. The van der Waals surface area contributed by atoms with Gasteiger partial charge in [-0.05, 0) is 30.5 Å². The Balaban J connectivity index is 3.14. The molecule has 0 heterocycles. The van der Waals surface area contributed by atoms with E-state index in [4.69, 9.17) is 10.5 Å². The van der Waals surface area contributed by atoms with Crippen LogP contribution in [0, 0.1) is 0 Å². The average molecular weight is 314 g/mol. The van der Waals surface area contributed by atoms with Crippen LogP contribution in [0.15, 0.2) is 23.1 Å². The second kappa shape index (κ2) is 8.48. The second-order valence-corrected chi connectivity index (χ2v) is 6.60. The third kappa shape index (κ3) is 4.51. The van der Waals surface area contributed by atoms with E-state index < -0.39 is 10.0 Å². The molecule has 0 atom stereocenters. The standard InChI is InChI=1S/C15H26N2O3S/c1-4-14-8-7-13(12-16)11-15(14)21(18,19)17(5-2)9-10-20-6-3/h7-8,11H,4-6,9-10,12,16H2,1-3H3. The highest BCUT2D eigenvalue weighted by Gasteiger charge is 2.25. The van der Waals surface area contributed by atoms with Crippen molar-refractivity contribution in [3.8, 4) is 0 Å². The van der Waals surface area contributed by atoms with Crippen LogP contribution in [0.2, 0.25) is 0 Å². The molecule has 0 radical (unpaired) electrons. The number of hydrogen-bond donors (Lipinski definition) is 1. The molecule has 1 aromatic rings. The summed E-state index contributed by atoms with van der Waals surface area (Å²) in [5, 5.41) is 0. The van der Waals surface area contributed by atoms with Crippen molar-refractivity contribution in [2.75, 3.05) is 26.3 Å². The van der Waals surface area contributed by atoms with Crippen LogP contribution in [0.5, 0.6) is 0 Å². The molecule has 2 N–H and O–H groups in total. The fourth-order valence-electron chi connectivity index (χ4n) is 2.16. The van der Waals surface area contributed by atoms with Gasteiger partial charge < -0.3 is 10.5 Å². The molecule has 0 aliphatic rings. The molecule has 0 aromatic heterocycles. The molecular formula is C15H26N2O3S. The predicted octanol–water partition coefficient (Wildman–Crippen LogP) is 1.75. The van der Waals surface area contributed by atoms with Gasteiger partial charge in [0.05, 0.1) is 11.5 Å². The molecule has 6 heteroatoms. The molecule has 0 unspecified atom stereocenters. The number of hydrogen-bond acceptors (Lipinski definition) is 4. The topological polar surface area (TPSA) is 72.6 Å². The number of aryl methyl sites for hydroxylation is 1. The van der Waals surface area contributed by atoms with Crippen LogP contribution >= 0.6 is 0 Å². The Morgan fingerprint density at radius 3 is 2.48 bits per heavy atom. The maximum atomic E-state index is 12.8. The molecule has 0 saturated carbocycles. The molecule has 0 bridgehead atoms. The van der Waals surface area contributed by atoms with Crippen molar-refractivity contribution < 1.29 is 13.2 Å². The monoisotopic (exact) mass is 314 g/mol. The van der Waals surface area contributed by atoms with Gasteiger partial charge in [-0.15, -0.1) is 0 Å². The number of nitrogens with two attached hydrogens (primary N) is 1. The smallest absolute Gasteiger partial charge is 0.243 e. The van der Waals surface area contributed by atoms with Crippen LogP contribution in [0.4, 0.5) is 0 Å². The molecule has 0 fully saturated rings. The minimum Gasteiger partial charge on any atom is -0.380 e. The van der Waals surface area contributed by atoms with Gasteiger partial charge in [0, 0.05) is 26.2 Å². The highest BCUT2D eigenvalue weighted by Crippen LogP contribution is 2.22. The zero-order chi connectivity index (χ0) is 15.9. The summed E-state index contributed by atoms with van der Waals surface area (Å²) in [6, 6.07) is 5.43. The summed E-state index contributed by atoms with van der Waals surface area (Å²) >= 11 is 0. The Kier molecular flexibility index (Phi) is 7.31. The van der Waals surface area contributed by atoms with Gasteiger partial charge in [0.15, 0.2) is 0 Å². The number of benzene rings is 1. The van der Waals surface area contributed by atoms with Crippen LogP contribution in [0.1, 0.15) is 31.9 Å². The third-order valence-electron chi connectivity index (χ3n) is 3.41. The molecule has 5 nitrogen and oxygen atoms in total. The fraction of sp³-hybridized carbons (Fsp3) is 0.600. The lowest BCUT2D eigenvalue weighted by atomic mass is 10.1. The van der Waals surface area contributed by atoms with E-state index in [-0.39, 0.29) is 0 Å². The van der Waals surface area contributed by atoms with E-state index in [1.807, 2.05) is 32.9 Å². The van der Waals surface area contributed by atoms with Crippen LogP contribution in [0.25, 0.3) is 0 Å². The van der Waals surface area contributed by atoms with E-state index in [2.05, 4.69) is 0 Å². The molecule has 1 aromatic carbocycles. The summed E-state index contributed by atoms with van der Waals surface area (Å²) in [5.41, 5.74) is 7.28. The molecular weight excluding hydrogens is 288 g/mol. The van der Waals surface area contributed by atoms with Gasteiger partial charge in [0.2, 0.25) is 10.0 Å². The minimum atomic E-state index is -3.51. The Morgan fingerprint density at radius 2 is 1.95 bits per heavy atom. The quantitative estimate of drug-likeness (QED) is 0.705. The number of ether oxygens (including phenoxy) is 1. The van der Waals surface area contributed by atoms with Crippen molar-refractivity contribution in [1.82, 2.24) is 4.31 Å². The first-order chi connectivity index (χ1) is 10.0. The van der Waals surface area contributed by atoms with Gasteiger partial charge in [-0.1, -0.05) is 26.0 Å². The lowest BCUT2D eigenvalue weighted by Gasteiger charge is -2.22. The van der Waals surface area contributed by atoms with Crippen molar-refractivity contribution in [2.24, 2.45) is 5.73 Å². The van der Waals surface area contributed by atoms with Gasteiger partial charge in [-0.3, -0.25) is 0 Å². The van der Waals surface area contributed by atoms with E-state index in [0.29, 0.717) is 44.2 Å². The van der Waals surface area contributed by atoms with Crippen LogP contribution < -0.4 is 5.73 Å². The van der Waals surface area contributed by atoms with Gasteiger partial charge in [0.25, 0.3) is 0 Å². The maximum Gasteiger partial charge on any atom is 0.243 e. The van der Waals surface area contributed by atoms with Crippen molar-refractivity contribution in [3.05, 3.63) is 29.3 Å². The van der Waals surface area contributed by atoms with Gasteiger partial charge in [0.1, 0.15) is 0 Å². The fourth-order valence-corrected chi connectivity index (χ4v) is 3.93. The molecule has 1 rings (SSSR count). The molecule has 0 amide bonds. The van der Waals surface area contributed by atoms with Gasteiger partial charge >= 0.3 is 0 Å². The third-order valence-corrected chi connectivity index (χ3v) is 5.46. The number of sulfonamides is 1. The molecule has 0 aliphatic heterocycles. The van der Waals surface area contributed by atoms with Crippen molar-refractivity contribution >= 4 is 10.0 Å². The summed E-state index contributed by atoms with van der Waals surface area (Å²) < 4.78 is 32.4. The van der Waals surface area contributed by atoms with E-state index in [0.717, 1.165) is 11.1 Å². The minimum absolute atomic E-state index is 0.331. The van der Waals surface area contributed by atoms with Crippen molar-refractivity contribution in [3.63, 3.8) is 0 Å². The van der Waals surface area contributed by atoms with E-state index >= 15 is 0 Å². The van der Waals surface area contributed by atoms with E-state index in [1.165, 1.54) is 4.31 Å². The lowest BCUT2D eigenvalue weighted by molar-refractivity contribution is 0.135. The second-order valence-electron chi connectivity index (χ2n) is 4.69. The first-order valence-electron chi connectivity index (χ1n) is 7.40. The first kappa shape index (κ1) is 18.1. The highest BCUT2D eigenvalue weighted by atomic mass is 32.2. The Bertz CT molecular complexity index is 544. The summed E-state index contributed by atoms with van der Waals surface area (Å²) in [5.74, 6) is 0. The Labute approximate surface area is 128 Å². The summed E-state index contributed by atoms with van der Waals surface area (Å²) in [6.45, 7) is 7.79. The zero-order valence-corrected chi connectivity index (χ0v) is 13.9. The predicted molar refractivity (Wildman–Crippen MR) is 84.6 cm³/mol. The maximum absolute atomic E-state index is 12.8. The van der Waals surface area contributed by atoms with Crippen LogP contribution in [0.3, 0.4) is 0 Å². The molecule has 120 valence electrons. The summed E-state index contributed by atoms with van der Waals surface area (Å²) in [6.07, 6.45) is 0.669. The molecule has 21 heavy (non-hydrogen) atoms. The van der Waals surface area contributed by atoms with E-state index in [9.17, 15) is 8.42 Å². The normalized spacial score (nSPS) is 12.0. The number of likely N-dealkylation sites (N-methyl/N-ethyl adjacent to an activating group) is 1. The number of nitrogens with zero attached hydrogens (tertiary/aromatic N) is 1. The molecule has 0 saturated heterocycles. The van der Waals surface area contributed by atoms with E-state index in [1.54, 1.807) is 6.07 Å². The van der Waals surface area contributed by atoms with Crippen molar-refractivity contribution in [1.29, 1.82) is 0 Å². The van der Waals surface area contributed by atoms with Crippen LogP contribution in [-0.2, 0) is 27.7 Å². The van der Waals surface area contributed by atoms with Gasteiger partial charge in [-0.2, -0.15) is 4.31 Å². The zero-order valence-electron chi connectivity index (χ0n) is 13.1. The Morgan fingerprint density at radius 1 is 1.24 bits per heavy atom.